The zero-order chi connectivity index (χ0) is 14.0. The minimum Gasteiger partial charge on any atom is -0.379 e. The molecule has 1 aromatic carbocycles. The zero-order valence-corrected chi connectivity index (χ0v) is 12.4. The van der Waals surface area contributed by atoms with Gasteiger partial charge >= 0.3 is 0 Å². The molecular formula is C12H12BrFN2O2S. The number of hydrogen-bond donors (Lipinski definition) is 1. The van der Waals surface area contributed by atoms with E-state index in [1.807, 2.05) is 6.07 Å². The summed E-state index contributed by atoms with van der Waals surface area (Å²) in [4.78, 5) is 0. The van der Waals surface area contributed by atoms with Crippen molar-refractivity contribution in [2.24, 2.45) is 0 Å². The first-order valence-corrected chi connectivity index (χ1v) is 8.39. The van der Waals surface area contributed by atoms with Crippen molar-refractivity contribution in [3.05, 3.63) is 28.0 Å². The molecule has 1 heterocycles. The van der Waals surface area contributed by atoms with Crippen LogP contribution in [0, 0.1) is 17.1 Å². The number of sulfone groups is 1. The molecule has 1 atom stereocenters. The lowest BCUT2D eigenvalue weighted by Crippen LogP contribution is -2.35. The van der Waals surface area contributed by atoms with E-state index in [0.29, 0.717) is 12.8 Å². The Morgan fingerprint density at radius 2 is 2.21 bits per heavy atom. The van der Waals surface area contributed by atoms with Crippen molar-refractivity contribution in [2.75, 3.05) is 16.8 Å². The Bertz CT molecular complexity index is 640. The number of nitriles is 1. The first-order valence-electron chi connectivity index (χ1n) is 5.78. The SMILES string of the molecule is N#Cc1ccc(NC2CCCS(=O)(=O)C2)c(F)c1Br. The highest BCUT2D eigenvalue weighted by Gasteiger charge is 2.25. The lowest BCUT2D eigenvalue weighted by molar-refractivity contribution is 0.559. The molecule has 1 N–H and O–H groups in total. The highest BCUT2D eigenvalue weighted by molar-refractivity contribution is 9.10. The number of nitrogens with one attached hydrogen (secondary N) is 1. The largest absolute Gasteiger partial charge is 0.379 e. The summed E-state index contributed by atoms with van der Waals surface area (Å²) < 4.78 is 37.1. The standard InChI is InChI=1S/C12H12BrFN2O2S/c13-11-8(6-15)3-4-10(12(11)14)16-9-2-1-5-19(17,18)7-9/h3-4,9,16H,1-2,5,7H2. The van der Waals surface area contributed by atoms with E-state index in [1.54, 1.807) is 0 Å². The highest BCUT2D eigenvalue weighted by atomic mass is 79.9. The molecule has 0 spiro atoms. The summed E-state index contributed by atoms with van der Waals surface area (Å²) in [6, 6.07) is 4.54. The smallest absolute Gasteiger partial charge is 0.161 e. The Morgan fingerprint density at radius 3 is 2.84 bits per heavy atom. The van der Waals surface area contributed by atoms with Gasteiger partial charge in [-0.1, -0.05) is 0 Å². The van der Waals surface area contributed by atoms with E-state index in [2.05, 4.69) is 21.2 Å². The van der Waals surface area contributed by atoms with Crippen LogP contribution in [0.2, 0.25) is 0 Å². The molecule has 0 aromatic heterocycles. The molecule has 19 heavy (non-hydrogen) atoms. The van der Waals surface area contributed by atoms with Crippen LogP contribution < -0.4 is 5.32 Å². The molecule has 1 unspecified atom stereocenters. The van der Waals surface area contributed by atoms with Gasteiger partial charge in [0.2, 0.25) is 0 Å². The number of rotatable bonds is 2. The van der Waals surface area contributed by atoms with Crippen molar-refractivity contribution in [1.82, 2.24) is 0 Å². The molecule has 0 bridgehead atoms. The molecule has 1 aliphatic rings. The zero-order valence-electron chi connectivity index (χ0n) is 9.99. The predicted octanol–water partition coefficient (Wildman–Crippen LogP) is 2.45. The van der Waals surface area contributed by atoms with E-state index in [0.717, 1.165) is 0 Å². The van der Waals surface area contributed by atoms with Gasteiger partial charge in [-0.2, -0.15) is 5.26 Å². The van der Waals surface area contributed by atoms with Crippen LogP contribution in [0.15, 0.2) is 16.6 Å². The van der Waals surface area contributed by atoms with Gasteiger partial charge in [-0.15, -0.1) is 0 Å². The van der Waals surface area contributed by atoms with Crippen molar-refractivity contribution in [3.8, 4) is 6.07 Å². The molecule has 2 rings (SSSR count). The molecule has 0 amide bonds. The first-order chi connectivity index (χ1) is 8.93. The number of nitrogens with zero attached hydrogens (tertiary/aromatic N) is 1. The van der Waals surface area contributed by atoms with E-state index >= 15 is 0 Å². The average Bonchev–Trinajstić information content (AvgIpc) is 2.34. The summed E-state index contributed by atoms with van der Waals surface area (Å²) in [6.45, 7) is 0. The van der Waals surface area contributed by atoms with Crippen LogP contribution in [0.25, 0.3) is 0 Å². The quantitative estimate of drug-likeness (QED) is 0.892. The van der Waals surface area contributed by atoms with Crippen molar-refractivity contribution < 1.29 is 12.8 Å². The maximum absolute atomic E-state index is 14.0. The molecule has 1 aliphatic heterocycles. The Labute approximate surface area is 119 Å². The summed E-state index contributed by atoms with van der Waals surface area (Å²) in [7, 11) is -3.04. The van der Waals surface area contributed by atoms with Crippen LogP contribution in [0.1, 0.15) is 18.4 Å². The molecule has 4 nitrogen and oxygen atoms in total. The molecule has 0 saturated carbocycles. The third-order valence-corrected chi connectivity index (χ3v) is 5.62. The van der Waals surface area contributed by atoms with Crippen LogP contribution >= 0.6 is 15.9 Å². The van der Waals surface area contributed by atoms with Gasteiger partial charge in [0.05, 0.1) is 27.2 Å². The first kappa shape index (κ1) is 14.3. The minimum atomic E-state index is -3.04. The molecule has 0 radical (unpaired) electrons. The highest BCUT2D eigenvalue weighted by Crippen LogP contribution is 2.28. The second kappa shape index (κ2) is 5.47. The van der Waals surface area contributed by atoms with Gasteiger partial charge in [0.15, 0.2) is 15.7 Å². The topological polar surface area (TPSA) is 70.0 Å². The Kier molecular flexibility index (Phi) is 4.11. The van der Waals surface area contributed by atoms with Crippen molar-refractivity contribution in [3.63, 3.8) is 0 Å². The van der Waals surface area contributed by atoms with E-state index in [-0.39, 0.29) is 33.3 Å². The van der Waals surface area contributed by atoms with Gasteiger partial charge in [0, 0.05) is 6.04 Å². The molecule has 1 saturated heterocycles. The second-order valence-electron chi connectivity index (χ2n) is 4.50. The fraction of sp³-hybridized carbons (Fsp3) is 0.417. The number of benzene rings is 1. The normalized spacial score (nSPS) is 21.6. The van der Waals surface area contributed by atoms with E-state index in [9.17, 15) is 12.8 Å². The number of anilines is 1. The fourth-order valence-electron chi connectivity index (χ4n) is 2.10. The van der Waals surface area contributed by atoms with E-state index < -0.39 is 15.7 Å². The molecule has 102 valence electrons. The summed E-state index contributed by atoms with van der Waals surface area (Å²) in [5.41, 5.74) is 0.423. The summed E-state index contributed by atoms with van der Waals surface area (Å²) in [5.74, 6) is -0.351. The molecular weight excluding hydrogens is 335 g/mol. The number of hydrogen-bond acceptors (Lipinski definition) is 4. The summed E-state index contributed by atoms with van der Waals surface area (Å²) in [6.07, 6.45) is 1.27. The van der Waals surface area contributed by atoms with Crippen LogP contribution in [0.3, 0.4) is 0 Å². The summed E-state index contributed by atoms with van der Waals surface area (Å²) >= 11 is 3.02. The van der Waals surface area contributed by atoms with Crippen molar-refractivity contribution in [2.45, 2.75) is 18.9 Å². The van der Waals surface area contributed by atoms with Crippen LogP contribution in [0.4, 0.5) is 10.1 Å². The second-order valence-corrected chi connectivity index (χ2v) is 7.52. The lowest BCUT2D eigenvalue weighted by atomic mass is 10.1. The van der Waals surface area contributed by atoms with Crippen LogP contribution in [0.5, 0.6) is 0 Å². The average molecular weight is 347 g/mol. The van der Waals surface area contributed by atoms with E-state index in [4.69, 9.17) is 5.26 Å². The Hall–Kier alpha value is -1.13. The Morgan fingerprint density at radius 1 is 1.47 bits per heavy atom. The Balaban J connectivity index is 2.21. The van der Waals surface area contributed by atoms with Gasteiger partial charge in [-0.25, -0.2) is 12.8 Å². The minimum absolute atomic E-state index is 0.0179. The maximum atomic E-state index is 14.0. The van der Waals surface area contributed by atoms with Gasteiger partial charge in [0.1, 0.15) is 6.07 Å². The maximum Gasteiger partial charge on any atom is 0.161 e. The number of halogens is 2. The third kappa shape index (κ3) is 3.25. The molecule has 7 heteroatoms. The predicted molar refractivity (Wildman–Crippen MR) is 74.1 cm³/mol. The molecule has 0 aliphatic carbocycles. The van der Waals surface area contributed by atoms with Gasteiger partial charge in [-0.3, -0.25) is 0 Å². The third-order valence-electron chi connectivity index (χ3n) is 3.03. The van der Waals surface area contributed by atoms with Crippen LogP contribution in [-0.2, 0) is 9.84 Å². The van der Waals surface area contributed by atoms with Crippen molar-refractivity contribution in [1.29, 1.82) is 5.26 Å². The van der Waals surface area contributed by atoms with Crippen molar-refractivity contribution >= 4 is 31.5 Å². The van der Waals surface area contributed by atoms with E-state index in [1.165, 1.54) is 12.1 Å². The van der Waals surface area contributed by atoms with Gasteiger partial charge in [-0.05, 0) is 40.9 Å². The van der Waals surface area contributed by atoms with Gasteiger partial charge < -0.3 is 5.32 Å². The lowest BCUT2D eigenvalue weighted by Gasteiger charge is -2.24. The van der Waals surface area contributed by atoms with Gasteiger partial charge in [0.25, 0.3) is 0 Å². The van der Waals surface area contributed by atoms with Crippen LogP contribution in [-0.4, -0.2) is 26.0 Å². The molecule has 1 fully saturated rings. The molecule has 1 aromatic rings. The monoisotopic (exact) mass is 346 g/mol. The fourth-order valence-corrected chi connectivity index (χ4v) is 4.17. The summed E-state index contributed by atoms with van der Waals surface area (Å²) in [5, 5.41) is 11.7.